The molecule has 4 nitrogen and oxygen atoms in total. The normalized spacial score (nSPS) is 13.6. The fraction of sp³-hybridized carbons (Fsp3) is 0.800. The van der Waals surface area contributed by atoms with Gasteiger partial charge in [-0.15, -0.1) is 0 Å². The third-order valence-corrected chi connectivity index (χ3v) is 4.52. The Labute approximate surface area is 126 Å². The van der Waals surface area contributed by atoms with Gasteiger partial charge in [0.25, 0.3) is 0 Å². The Balaban J connectivity index is 3.10. The van der Waals surface area contributed by atoms with E-state index < -0.39 is 0 Å². The lowest BCUT2D eigenvalue weighted by atomic mass is 9.91. The molecule has 0 radical (unpaired) electrons. The molecule has 1 aromatic heterocycles. The number of aliphatic hydroxyl groups excluding tert-OH is 1. The average molecular weight is 300 g/mol. The molecule has 1 heterocycles. The Bertz CT molecular complexity index is 412. The molecule has 0 saturated carbocycles. The zero-order valence-electron chi connectivity index (χ0n) is 13.6. The first kappa shape index (κ1) is 17.4. The number of aromatic nitrogens is 1. The smallest absolute Gasteiger partial charge is 0.186 e. The summed E-state index contributed by atoms with van der Waals surface area (Å²) in [6, 6.07) is 0.413. The van der Waals surface area contributed by atoms with Gasteiger partial charge in [-0.2, -0.15) is 0 Å². The van der Waals surface area contributed by atoms with Crippen LogP contribution in [-0.2, 0) is 16.8 Å². The Morgan fingerprint density at radius 2 is 2.05 bits per heavy atom. The van der Waals surface area contributed by atoms with E-state index in [0.717, 1.165) is 28.7 Å². The molecule has 0 aromatic carbocycles. The molecule has 0 spiro atoms. The first-order valence-corrected chi connectivity index (χ1v) is 8.03. The van der Waals surface area contributed by atoms with E-state index in [1.54, 1.807) is 18.4 Å². The predicted octanol–water partition coefficient (Wildman–Crippen LogP) is 3.18. The SMILES string of the molecule is CCC(C)N(CCOC)c1nc(C(C)(C)C)c(CO)s1. The van der Waals surface area contributed by atoms with Gasteiger partial charge >= 0.3 is 0 Å². The van der Waals surface area contributed by atoms with Crippen molar-refractivity contribution in [3.63, 3.8) is 0 Å². The minimum absolute atomic E-state index is 0.0464. The number of aliphatic hydroxyl groups is 1. The maximum absolute atomic E-state index is 9.58. The monoisotopic (exact) mass is 300 g/mol. The summed E-state index contributed by atoms with van der Waals surface area (Å²) in [5.41, 5.74) is 0.959. The molecule has 1 aromatic rings. The minimum atomic E-state index is -0.0464. The van der Waals surface area contributed by atoms with Gasteiger partial charge in [-0.25, -0.2) is 4.98 Å². The molecule has 0 fully saturated rings. The van der Waals surface area contributed by atoms with Crippen molar-refractivity contribution >= 4 is 16.5 Å². The Kier molecular flexibility index (Phi) is 6.43. The van der Waals surface area contributed by atoms with Crippen LogP contribution in [0.3, 0.4) is 0 Å². The summed E-state index contributed by atoms with van der Waals surface area (Å²) in [5.74, 6) is 0. The summed E-state index contributed by atoms with van der Waals surface area (Å²) in [6.45, 7) is 12.3. The van der Waals surface area contributed by atoms with E-state index in [4.69, 9.17) is 9.72 Å². The van der Waals surface area contributed by atoms with E-state index in [9.17, 15) is 5.11 Å². The zero-order chi connectivity index (χ0) is 15.3. The number of ether oxygens (including phenoxy) is 1. The van der Waals surface area contributed by atoms with Gasteiger partial charge in [0.15, 0.2) is 5.13 Å². The van der Waals surface area contributed by atoms with Crippen molar-refractivity contribution in [2.75, 3.05) is 25.2 Å². The van der Waals surface area contributed by atoms with Gasteiger partial charge in [-0.05, 0) is 13.3 Å². The number of thiazole rings is 1. The van der Waals surface area contributed by atoms with Crippen LogP contribution in [0.25, 0.3) is 0 Å². The Morgan fingerprint density at radius 1 is 1.40 bits per heavy atom. The van der Waals surface area contributed by atoms with Crippen LogP contribution < -0.4 is 4.90 Å². The van der Waals surface area contributed by atoms with Crippen molar-refractivity contribution < 1.29 is 9.84 Å². The van der Waals surface area contributed by atoms with E-state index in [1.165, 1.54) is 0 Å². The van der Waals surface area contributed by atoms with E-state index in [-0.39, 0.29) is 12.0 Å². The van der Waals surface area contributed by atoms with Crippen molar-refractivity contribution in [3.05, 3.63) is 10.6 Å². The van der Waals surface area contributed by atoms with Crippen molar-refractivity contribution in [2.24, 2.45) is 0 Å². The lowest BCUT2D eigenvalue weighted by molar-refractivity contribution is 0.203. The summed E-state index contributed by atoms with van der Waals surface area (Å²) in [7, 11) is 1.72. The van der Waals surface area contributed by atoms with Crippen molar-refractivity contribution in [2.45, 2.75) is 59.1 Å². The largest absolute Gasteiger partial charge is 0.391 e. The highest BCUT2D eigenvalue weighted by Gasteiger charge is 2.25. The fourth-order valence-electron chi connectivity index (χ4n) is 2.07. The molecule has 5 heteroatoms. The van der Waals surface area contributed by atoms with Gasteiger partial charge in [0.2, 0.25) is 0 Å². The topological polar surface area (TPSA) is 45.6 Å². The Hall–Kier alpha value is -0.650. The molecule has 116 valence electrons. The van der Waals surface area contributed by atoms with Gasteiger partial charge in [-0.1, -0.05) is 39.0 Å². The van der Waals surface area contributed by atoms with E-state index >= 15 is 0 Å². The molecule has 0 bridgehead atoms. The highest BCUT2D eigenvalue weighted by atomic mass is 32.1. The number of hydrogen-bond donors (Lipinski definition) is 1. The third kappa shape index (κ3) is 4.17. The maximum Gasteiger partial charge on any atom is 0.186 e. The van der Waals surface area contributed by atoms with Crippen LogP contribution in [0, 0.1) is 0 Å². The van der Waals surface area contributed by atoms with Crippen molar-refractivity contribution in [1.29, 1.82) is 0 Å². The van der Waals surface area contributed by atoms with E-state index in [2.05, 4.69) is 39.5 Å². The van der Waals surface area contributed by atoms with Gasteiger partial charge in [-0.3, -0.25) is 0 Å². The number of methoxy groups -OCH3 is 1. The maximum atomic E-state index is 9.58. The highest BCUT2D eigenvalue weighted by Crippen LogP contribution is 2.34. The molecule has 1 rings (SSSR count). The molecule has 0 saturated heterocycles. The molecule has 0 amide bonds. The molecular weight excluding hydrogens is 272 g/mol. The third-order valence-electron chi connectivity index (χ3n) is 3.44. The molecule has 1 N–H and O–H groups in total. The van der Waals surface area contributed by atoms with Crippen LogP contribution in [0.1, 0.15) is 51.6 Å². The van der Waals surface area contributed by atoms with Gasteiger partial charge in [0.05, 0.1) is 23.8 Å². The lowest BCUT2D eigenvalue weighted by Crippen LogP contribution is -2.35. The summed E-state index contributed by atoms with van der Waals surface area (Å²) < 4.78 is 5.20. The zero-order valence-corrected chi connectivity index (χ0v) is 14.4. The molecule has 0 aliphatic carbocycles. The van der Waals surface area contributed by atoms with Crippen molar-refractivity contribution in [3.8, 4) is 0 Å². The summed E-state index contributed by atoms with van der Waals surface area (Å²) in [4.78, 5) is 8.05. The van der Waals surface area contributed by atoms with Crippen LogP contribution in [0.2, 0.25) is 0 Å². The van der Waals surface area contributed by atoms with Crippen LogP contribution in [0.4, 0.5) is 5.13 Å². The average Bonchev–Trinajstić information content (AvgIpc) is 2.82. The highest BCUT2D eigenvalue weighted by molar-refractivity contribution is 7.15. The summed E-state index contributed by atoms with van der Waals surface area (Å²) in [5, 5.41) is 10.6. The van der Waals surface area contributed by atoms with Crippen LogP contribution >= 0.6 is 11.3 Å². The predicted molar refractivity (Wildman–Crippen MR) is 85.7 cm³/mol. The second-order valence-corrected chi connectivity index (χ2v) is 7.18. The van der Waals surface area contributed by atoms with Crippen LogP contribution in [-0.4, -0.2) is 36.4 Å². The van der Waals surface area contributed by atoms with Crippen LogP contribution in [0.15, 0.2) is 0 Å². The Morgan fingerprint density at radius 3 is 2.45 bits per heavy atom. The second kappa shape index (κ2) is 7.38. The summed E-state index contributed by atoms with van der Waals surface area (Å²) >= 11 is 1.60. The summed E-state index contributed by atoms with van der Waals surface area (Å²) in [6.07, 6.45) is 1.06. The molecule has 1 atom stereocenters. The van der Waals surface area contributed by atoms with Gasteiger partial charge in [0, 0.05) is 25.1 Å². The first-order valence-electron chi connectivity index (χ1n) is 7.21. The van der Waals surface area contributed by atoms with E-state index in [1.807, 2.05) is 0 Å². The lowest BCUT2D eigenvalue weighted by Gasteiger charge is -2.28. The standard InChI is InChI=1S/C15H28N2O2S/c1-7-11(2)17(8-9-19-6)14-16-13(15(3,4)5)12(10-18)20-14/h11,18H,7-10H2,1-6H3. The molecule has 20 heavy (non-hydrogen) atoms. The molecule has 0 aliphatic rings. The first-order chi connectivity index (χ1) is 9.35. The van der Waals surface area contributed by atoms with E-state index in [0.29, 0.717) is 12.6 Å². The van der Waals surface area contributed by atoms with Crippen molar-refractivity contribution in [1.82, 2.24) is 4.98 Å². The fourth-order valence-corrected chi connectivity index (χ4v) is 3.33. The second-order valence-electron chi connectivity index (χ2n) is 6.12. The van der Waals surface area contributed by atoms with Gasteiger partial charge in [0.1, 0.15) is 0 Å². The molecule has 0 aliphatic heterocycles. The number of nitrogens with zero attached hydrogens (tertiary/aromatic N) is 2. The number of anilines is 1. The molecule has 1 unspecified atom stereocenters. The quantitative estimate of drug-likeness (QED) is 0.840. The van der Waals surface area contributed by atoms with Gasteiger partial charge < -0.3 is 14.7 Å². The number of rotatable bonds is 7. The minimum Gasteiger partial charge on any atom is -0.391 e. The number of hydrogen-bond acceptors (Lipinski definition) is 5. The van der Waals surface area contributed by atoms with Crippen LogP contribution in [0.5, 0.6) is 0 Å². The molecular formula is C15H28N2O2S.